The molecule has 0 radical (unpaired) electrons. The second-order valence-corrected chi connectivity index (χ2v) is 15.3. The molecule has 3 aromatic heterocycles. The Labute approximate surface area is 363 Å². The van der Waals surface area contributed by atoms with E-state index in [1.807, 2.05) is 91.0 Å². The zero-order valence-electron chi connectivity index (χ0n) is 34.9. The number of nitrogens with zero attached hydrogens (tertiary/aromatic N) is 5. The van der Waals surface area contributed by atoms with Crippen molar-refractivity contribution in [1.82, 2.24) is 35.6 Å². The summed E-state index contributed by atoms with van der Waals surface area (Å²) >= 11 is 1.27. The molecule has 6 rings (SSSR count). The van der Waals surface area contributed by atoms with E-state index in [0.717, 1.165) is 33.5 Å². The van der Waals surface area contributed by atoms with E-state index in [-0.39, 0.29) is 11.6 Å². The van der Waals surface area contributed by atoms with Crippen LogP contribution in [0, 0.1) is 11.8 Å². The van der Waals surface area contributed by atoms with Crippen LogP contribution in [-0.2, 0) is 31.9 Å². The van der Waals surface area contributed by atoms with E-state index in [4.69, 9.17) is 20.9 Å². The van der Waals surface area contributed by atoms with E-state index in [1.54, 1.807) is 26.2 Å². The molecular weight excluding hydrogens is 807 g/mol. The van der Waals surface area contributed by atoms with E-state index in [9.17, 15) is 19.2 Å². The van der Waals surface area contributed by atoms with Gasteiger partial charge in [-0.05, 0) is 85.3 Å². The number of methoxy groups -OCH3 is 2. The van der Waals surface area contributed by atoms with Crippen molar-refractivity contribution in [3.8, 4) is 16.3 Å². The smallest absolute Gasteiger partial charge is 0.311 e. The minimum absolute atomic E-state index is 0.153. The predicted molar refractivity (Wildman–Crippen MR) is 238 cm³/mol. The van der Waals surface area contributed by atoms with Gasteiger partial charge in [-0.2, -0.15) is 9.90 Å². The number of carbonyl (C=O) groups is 4. The van der Waals surface area contributed by atoms with E-state index in [1.165, 1.54) is 42.7 Å². The number of amides is 2. The van der Waals surface area contributed by atoms with E-state index < -0.39 is 41.8 Å². The molecule has 15 nitrogen and oxygen atoms in total. The Kier molecular flexibility index (Phi) is 16.0. The molecule has 4 atom stereocenters. The van der Waals surface area contributed by atoms with Crippen LogP contribution >= 0.6 is 11.3 Å². The number of nitrogens with one attached hydrogen (secondary N) is 2. The number of rotatable bonds is 16. The number of carbonyl (C=O) groups excluding carboxylic acids is 4. The molecule has 0 fully saturated rings. The maximum atomic E-state index is 12.8. The van der Waals surface area contributed by atoms with Crippen LogP contribution in [0.2, 0.25) is 0 Å². The normalized spacial score (nSPS) is 12.6. The topological polar surface area (TPSA) is 219 Å². The van der Waals surface area contributed by atoms with Crippen molar-refractivity contribution < 1.29 is 28.7 Å². The van der Waals surface area contributed by atoms with Crippen molar-refractivity contribution in [2.24, 2.45) is 23.3 Å². The molecule has 4 unspecified atom stereocenters. The molecule has 3 aromatic carbocycles. The van der Waals surface area contributed by atoms with E-state index in [0.29, 0.717) is 34.1 Å². The van der Waals surface area contributed by atoms with Gasteiger partial charge in [0.2, 0.25) is 0 Å². The number of esters is 2. The Morgan fingerprint density at radius 3 is 1.81 bits per heavy atom. The summed E-state index contributed by atoms with van der Waals surface area (Å²) in [6.07, 6.45) is 7.04. The molecule has 6 N–H and O–H groups in total. The second kappa shape index (κ2) is 21.7. The molecule has 0 spiro atoms. The Bertz CT molecular complexity index is 2330. The fraction of sp³-hybridized carbons (Fsp3) is 0.217. The highest BCUT2D eigenvalue weighted by Crippen LogP contribution is 2.25. The third kappa shape index (κ3) is 12.3. The first-order valence-electron chi connectivity index (χ1n) is 19.5. The monoisotopic (exact) mass is 855 g/mol. The predicted octanol–water partition coefficient (Wildman–Crippen LogP) is 5.63. The van der Waals surface area contributed by atoms with Gasteiger partial charge in [-0.15, -0.1) is 16.4 Å². The van der Waals surface area contributed by atoms with Gasteiger partial charge >= 0.3 is 11.9 Å². The minimum atomic E-state index is -0.598. The number of hydrogen-bond acceptors (Lipinski definition) is 13. The van der Waals surface area contributed by atoms with Crippen molar-refractivity contribution in [2.75, 3.05) is 14.2 Å². The van der Waals surface area contributed by atoms with Crippen molar-refractivity contribution in [2.45, 2.75) is 38.8 Å². The van der Waals surface area contributed by atoms with Crippen molar-refractivity contribution in [1.29, 1.82) is 0 Å². The molecule has 0 saturated carbocycles. The summed E-state index contributed by atoms with van der Waals surface area (Å²) in [6, 6.07) is 27.0. The molecule has 0 aliphatic rings. The lowest BCUT2D eigenvalue weighted by Gasteiger charge is -2.23. The number of ether oxygens (including phenoxy) is 2. The van der Waals surface area contributed by atoms with Crippen molar-refractivity contribution in [3.63, 3.8) is 0 Å². The summed E-state index contributed by atoms with van der Waals surface area (Å²) in [7, 11) is 2.67. The van der Waals surface area contributed by atoms with Gasteiger partial charge in [0.25, 0.3) is 11.8 Å². The van der Waals surface area contributed by atoms with Gasteiger partial charge in [-0.3, -0.25) is 24.2 Å². The first-order chi connectivity index (χ1) is 29.8. The summed E-state index contributed by atoms with van der Waals surface area (Å²) in [6.45, 7) is 11.0. The van der Waals surface area contributed by atoms with Crippen LogP contribution in [0.3, 0.4) is 0 Å². The number of thiazole rings is 1. The van der Waals surface area contributed by atoms with Crippen molar-refractivity contribution in [3.05, 3.63) is 162 Å². The van der Waals surface area contributed by atoms with Gasteiger partial charge < -0.3 is 31.6 Å². The maximum Gasteiger partial charge on any atom is 0.311 e. The van der Waals surface area contributed by atoms with E-state index in [2.05, 4.69) is 44.0 Å². The number of benzene rings is 3. The van der Waals surface area contributed by atoms with E-state index >= 15 is 0 Å². The number of pyridine rings is 1. The lowest BCUT2D eigenvalue weighted by atomic mass is 9.92. The molecule has 0 aliphatic heterocycles. The van der Waals surface area contributed by atoms with Crippen LogP contribution < -0.4 is 22.1 Å². The van der Waals surface area contributed by atoms with Crippen LogP contribution in [-0.4, -0.2) is 75.0 Å². The fourth-order valence-corrected chi connectivity index (χ4v) is 7.16. The zero-order valence-corrected chi connectivity index (χ0v) is 35.7. The van der Waals surface area contributed by atoms with Gasteiger partial charge in [0.1, 0.15) is 9.88 Å². The molecule has 0 bridgehead atoms. The van der Waals surface area contributed by atoms with Gasteiger partial charge in [-0.25, -0.2) is 4.98 Å². The Hall–Kier alpha value is -7.46. The van der Waals surface area contributed by atoms with Crippen LogP contribution in [0.4, 0.5) is 0 Å². The summed E-state index contributed by atoms with van der Waals surface area (Å²) in [5.41, 5.74) is 17.6. The number of nitrogens with two attached hydrogens (primary N) is 2. The largest absolute Gasteiger partial charge is 0.469 e. The molecule has 0 saturated heterocycles. The number of hydrogen-bond donors (Lipinski definition) is 4. The summed E-state index contributed by atoms with van der Waals surface area (Å²) in [5.74, 6) is -2.70. The third-order valence-corrected chi connectivity index (χ3v) is 10.8. The van der Waals surface area contributed by atoms with Crippen LogP contribution in [0.1, 0.15) is 56.3 Å². The van der Waals surface area contributed by atoms with Crippen LogP contribution in [0.5, 0.6) is 0 Å². The quantitative estimate of drug-likeness (QED) is 0.0871. The summed E-state index contributed by atoms with van der Waals surface area (Å²) in [4.78, 5) is 60.6. The molecule has 2 amide bonds. The molecule has 3 heterocycles. The first kappa shape index (κ1) is 45.6. The molecule has 6 aromatic rings. The Morgan fingerprint density at radius 2 is 1.29 bits per heavy atom. The Balaban J connectivity index is 0.000000234. The van der Waals surface area contributed by atoms with Gasteiger partial charge in [0.05, 0.1) is 44.1 Å². The molecule has 0 aliphatic carbocycles. The highest BCUT2D eigenvalue weighted by molar-refractivity contribution is 7.16. The van der Waals surface area contributed by atoms with Gasteiger partial charge in [-0.1, -0.05) is 67.8 Å². The van der Waals surface area contributed by atoms with Crippen LogP contribution in [0.15, 0.2) is 129 Å². The molecule has 62 heavy (non-hydrogen) atoms. The molecule has 16 heteroatoms. The maximum absolute atomic E-state index is 12.8. The summed E-state index contributed by atoms with van der Waals surface area (Å²) in [5, 5.41) is 14.8. The average molecular weight is 856 g/mol. The SMILES string of the molecule is C=C(N)c1cccc(CC(C(=O)OC)C(C)NC(=O)c2cnc(-c3cccnc3)s2)c1.C=C(N)c1cccc(CC(C(=O)OC)C(C)NC(=O)c2cnn(-c3ccccc3)n2)c1. The highest BCUT2D eigenvalue weighted by Gasteiger charge is 2.30. The fourth-order valence-electron chi connectivity index (χ4n) is 6.35. The minimum Gasteiger partial charge on any atom is -0.469 e. The highest BCUT2D eigenvalue weighted by atomic mass is 32.1. The number of aromatic nitrogens is 5. The lowest BCUT2D eigenvalue weighted by Crippen LogP contribution is -2.43. The molecule has 320 valence electrons. The van der Waals surface area contributed by atoms with Crippen LogP contribution in [0.25, 0.3) is 27.7 Å². The summed E-state index contributed by atoms with van der Waals surface area (Å²) < 4.78 is 9.95. The second-order valence-electron chi connectivity index (χ2n) is 14.3. The number of para-hydroxylation sites is 1. The average Bonchev–Trinajstić information content (AvgIpc) is 4.00. The standard InChI is InChI=1S/C23H25N5O3.C23H24N4O3S/c1-15(24)18-9-7-8-17(12-18)13-20(23(30)31-3)16(2)26-22(29)21-14-25-28(27-21)19-10-5-4-6-11-19;1-14(24)17-7-4-6-16(10-17)11-19(23(29)30-3)15(2)27-21(28)20-13-26-22(31-20)18-8-5-9-25-12-18/h4-12,14,16,20H,1,13,24H2,2-3H3,(H,26,29);4-10,12-13,15,19H,1,11,24H2,2-3H3,(H,27,28). The lowest BCUT2D eigenvalue weighted by molar-refractivity contribution is -0.147. The van der Waals surface area contributed by atoms with Crippen molar-refractivity contribution >= 4 is 46.5 Å². The third-order valence-electron chi connectivity index (χ3n) is 9.79. The Morgan fingerprint density at radius 1 is 0.726 bits per heavy atom. The van der Waals surface area contributed by atoms with Gasteiger partial charge in [0.15, 0.2) is 5.69 Å². The van der Waals surface area contributed by atoms with Gasteiger partial charge in [0, 0.05) is 41.4 Å². The first-order valence-corrected chi connectivity index (χ1v) is 20.3. The zero-order chi connectivity index (χ0) is 44.8. The molecular formula is C46H49N9O6S.